The van der Waals surface area contributed by atoms with Crippen molar-refractivity contribution in [3.05, 3.63) is 35.6 Å². The molecule has 0 aromatic heterocycles. The molecule has 1 aromatic carbocycles. The van der Waals surface area contributed by atoms with Crippen molar-refractivity contribution in [3.8, 4) is 0 Å². The molecular formula is C16H22FNO. The van der Waals surface area contributed by atoms with Gasteiger partial charge in [0.15, 0.2) is 0 Å². The van der Waals surface area contributed by atoms with E-state index in [2.05, 4.69) is 12.2 Å². The lowest BCUT2D eigenvalue weighted by Gasteiger charge is -2.38. The molecule has 2 aliphatic rings. The van der Waals surface area contributed by atoms with Gasteiger partial charge in [-0.1, -0.05) is 12.1 Å². The maximum atomic E-state index is 12.9. The Morgan fingerprint density at radius 3 is 2.68 bits per heavy atom. The Morgan fingerprint density at radius 1 is 1.32 bits per heavy atom. The van der Waals surface area contributed by atoms with Gasteiger partial charge in [-0.2, -0.15) is 0 Å². The van der Waals surface area contributed by atoms with E-state index in [-0.39, 0.29) is 11.4 Å². The van der Waals surface area contributed by atoms with E-state index in [0.717, 1.165) is 32.4 Å². The lowest BCUT2D eigenvalue weighted by atomic mass is 9.75. The van der Waals surface area contributed by atoms with Crippen LogP contribution < -0.4 is 5.32 Å². The van der Waals surface area contributed by atoms with Crippen LogP contribution in [-0.2, 0) is 4.74 Å². The van der Waals surface area contributed by atoms with Crippen LogP contribution in [0.2, 0.25) is 0 Å². The molecule has 1 N–H and O–H groups in total. The monoisotopic (exact) mass is 263 g/mol. The lowest BCUT2D eigenvalue weighted by Crippen LogP contribution is -2.47. The van der Waals surface area contributed by atoms with Gasteiger partial charge in [-0.25, -0.2) is 4.39 Å². The third-order valence-electron chi connectivity index (χ3n) is 4.54. The van der Waals surface area contributed by atoms with E-state index in [4.69, 9.17) is 4.74 Å². The quantitative estimate of drug-likeness (QED) is 0.900. The Balaban J connectivity index is 1.44. The predicted molar refractivity (Wildman–Crippen MR) is 73.8 cm³/mol. The third kappa shape index (κ3) is 2.98. The highest BCUT2D eigenvalue weighted by atomic mass is 19.1. The molecular weight excluding hydrogens is 241 g/mol. The summed E-state index contributed by atoms with van der Waals surface area (Å²) in [4.78, 5) is 0. The zero-order valence-electron chi connectivity index (χ0n) is 11.5. The van der Waals surface area contributed by atoms with Gasteiger partial charge in [0.2, 0.25) is 0 Å². The minimum Gasteiger partial charge on any atom is -0.374 e. The molecule has 0 spiro atoms. The first-order valence-electron chi connectivity index (χ1n) is 7.27. The smallest absolute Gasteiger partial charge is 0.123 e. The van der Waals surface area contributed by atoms with Crippen molar-refractivity contribution in [2.24, 2.45) is 0 Å². The molecule has 1 aliphatic carbocycles. The molecule has 2 fully saturated rings. The first-order chi connectivity index (χ1) is 9.15. The summed E-state index contributed by atoms with van der Waals surface area (Å²) in [5.74, 6) is 0.444. The van der Waals surface area contributed by atoms with Crippen LogP contribution >= 0.6 is 0 Å². The third-order valence-corrected chi connectivity index (χ3v) is 4.54. The van der Waals surface area contributed by atoms with Crippen molar-refractivity contribution in [2.45, 2.75) is 50.2 Å². The molecule has 3 rings (SSSR count). The van der Waals surface area contributed by atoms with Gasteiger partial charge in [0, 0.05) is 19.2 Å². The van der Waals surface area contributed by atoms with Crippen LogP contribution in [0.15, 0.2) is 24.3 Å². The Bertz CT molecular complexity index is 419. The summed E-state index contributed by atoms with van der Waals surface area (Å²) in [6, 6.07) is 7.54. The van der Waals surface area contributed by atoms with E-state index in [0.29, 0.717) is 12.0 Å². The second-order valence-corrected chi connectivity index (χ2v) is 6.20. The second kappa shape index (κ2) is 5.22. The second-order valence-electron chi connectivity index (χ2n) is 6.20. The van der Waals surface area contributed by atoms with E-state index < -0.39 is 0 Å². The van der Waals surface area contributed by atoms with E-state index in [1.165, 1.54) is 12.0 Å². The highest BCUT2D eigenvalue weighted by Gasteiger charge is 2.34. The van der Waals surface area contributed by atoms with E-state index in [1.54, 1.807) is 12.1 Å². The molecule has 0 radical (unpaired) electrons. The summed E-state index contributed by atoms with van der Waals surface area (Å²) >= 11 is 0. The van der Waals surface area contributed by atoms with Crippen molar-refractivity contribution in [3.63, 3.8) is 0 Å². The van der Waals surface area contributed by atoms with E-state index in [9.17, 15) is 4.39 Å². The summed E-state index contributed by atoms with van der Waals surface area (Å²) in [7, 11) is 0. The van der Waals surface area contributed by atoms with Gasteiger partial charge in [0.05, 0.1) is 5.60 Å². The van der Waals surface area contributed by atoms with Gasteiger partial charge >= 0.3 is 0 Å². The summed E-state index contributed by atoms with van der Waals surface area (Å²) in [6.45, 7) is 4.05. The van der Waals surface area contributed by atoms with Crippen LogP contribution in [0.4, 0.5) is 4.39 Å². The summed E-state index contributed by atoms with van der Waals surface area (Å²) in [5.41, 5.74) is 1.31. The summed E-state index contributed by atoms with van der Waals surface area (Å²) in [5, 5.41) is 3.61. The van der Waals surface area contributed by atoms with Gasteiger partial charge < -0.3 is 10.1 Å². The Labute approximate surface area is 114 Å². The number of benzene rings is 1. The molecule has 1 saturated heterocycles. The van der Waals surface area contributed by atoms with Crippen LogP contribution in [0.1, 0.15) is 44.1 Å². The molecule has 104 valence electrons. The molecule has 1 heterocycles. The standard InChI is InChI=1S/C16H22FNO/c1-16(7-2-8-19-16)11-18-15-9-13(10-15)12-3-5-14(17)6-4-12/h3-6,13,15,18H,2,7-11H2,1H3. The first-order valence-corrected chi connectivity index (χ1v) is 7.27. The molecule has 1 saturated carbocycles. The molecule has 1 unspecified atom stereocenters. The summed E-state index contributed by atoms with van der Waals surface area (Å²) < 4.78 is 18.6. The van der Waals surface area contributed by atoms with Crippen LogP contribution in [0.25, 0.3) is 0 Å². The average molecular weight is 263 g/mol. The van der Waals surface area contributed by atoms with Crippen LogP contribution in [0.5, 0.6) is 0 Å². The highest BCUT2D eigenvalue weighted by Crippen LogP contribution is 2.37. The van der Waals surface area contributed by atoms with Crippen molar-refractivity contribution in [1.82, 2.24) is 5.32 Å². The normalized spacial score (nSPS) is 34.2. The Kier molecular flexibility index (Phi) is 3.59. The SMILES string of the molecule is CC1(CNC2CC(c3ccc(F)cc3)C2)CCCO1. The van der Waals surface area contributed by atoms with Crippen LogP contribution in [-0.4, -0.2) is 24.8 Å². The molecule has 1 atom stereocenters. The van der Waals surface area contributed by atoms with Gasteiger partial charge in [-0.15, -0.1) is 0 Å². The van der Waals surface area contributed by atoms with Gasteiger partial charge in [-0.3, -0.25) is 0 Å². The fourth-order valence-electron chi connectivity index (χ4n) is 3.13. The Hall–Kier alpha value is -0.930. The number of ether oxygens (including phenoxy) is 1. The zero-order valence-corrected chi connectivity index (χ0v) is 11.5. The molecule has 19 heavy (non-hydrogen) atoms. The van der Waals surface area contributed by atoms with Crippen molar-refractivity contribution < 1.29 is 9.13 Å². The average Bonchev–Trinajstić information content (AvgIpc) is 2.77. The predicted octanol–water partition coefficient (Wildman–Crippen LogP) is 3.23. The maximum absolute atomic E-state index is 12.9. The van der Waals surface area contributed by atoms with Gasteiger partial charge in [0.1, 0.15) is 5.82 Å². The fourth-order valence-corrected chi connectivity index (χ4v) is 3.13. The fraction of sp³-hybridized carbons (Fsp3) is 0.625. The molecule has 0 amide bonds. The molecule has 3 heteroatoms. The number of nitrogens with one attached hydrogen (secondary N) is 1. The molecule has 1 aliphatic heterocycles. The largest absolute Gasteiger partial charge is 0.374 e. The molecule has 0 bridgehead atoms. The Morgan fingerprint density at radius 2 is 2.05 bits per heavy atom. The first kappa shape index (κ1) is 13.1. The number of halogens is 1. The minimum absolute atomic E-state index is 0.0426. The van der Waals surface area contributed by atoms with E-state index >= 15 is 0 Å². The van der Waals surface area contributed by atoms with Crippen LogP contribution in [0, 0.1) is 5.82 Å². The molecule has 2 nitrogen and oxygen atoms in total. The number of hydrogen-bond donors (Lipinski definition) is 1. The lowest BCUT2D eigenvalue weighted by molar-refractivity contribution is 0.0158. The minimum atomic E-state index is -0.149. The number of rotatable bonds is 4. The maximum Gasteiger partial charge on any atom is 0.123 e. The van der Waals surface area contributed by atoms with Crippen molar-refractivity contribution in [1.29, 1.82) is 0 Å². The van der Waals surface area contributed by atoms with Crippen molar-refractivity contribution in [2.75, 3.05) is 13.2 Å². The van der Waals surface area contributed by atoms with Crippen molar-refractivity contribution >= 4 is 0 Å². The summed E-state index contributed by atoms with van der Waals surface area (Å²) in [6.07, 6.45) is 4.65. The zero-order chi connectivity index (χ0) is 13.3. The number of hydrogen-bond acceptors (Lipinski definition) is 2. The highest BCUT2D eigenvalue weighted by molar-refractivity contribution is 5.23. The molecule has 1 aromatic rings. The van der Waals surface area contributed by atoms with Gasteiger partial charge in [0.25, 0.3) is 0 Å². The van der Waals surface area contributed by atoms with Gasteiger partial charge in [-0.05, 0) is 56.2 Å². The van der Waals surface area contributed by atoms with Crippen LogP contribution in [0.3, 0.4) is 0 Å². The van der Waals surface area contributed by atoms with E-state index in [1.807, 2.05) is 12.1 Å². The topological polar surface area (TPSA) is 21.3 Å².